The van der Waals surface area contributed by atoms with Gasteiger partial charge in [-0.1, -0.05) is 6.42 Å². The zero-order valence-electron chi connectivity index (χ0n) is 11.7. The number of nitrogens with zero attached hydrogens (tertiary/aromatic N) is 1. The predicted molar refractivity (Wildman–Crippen MR) is 79.8 cm³/mol. The summed E-state index contributed by atoms with van der Waals surface area (Å²) < 4.78 is 0. The molecule has 1 aromatic rings. The Bertz CT molecular complexity index is 520. The van der Waals surface area contributed by atoms with Crippen LogP contribution in [0.25, 0.3) is 0 Å². The average Bonchev–Trinajstić information content (AvgIpc) is 3.00. The number of amides is 1. The molecule has 4 heteroatoms. The van der Waals surface area contributed by atoms with Crippen molar-refractivity contribution in [1.29, 1.82) is 5.26 Å². The quantitative estimate of drug-likeness (QED) is 0.848. The van der Waals surface area contributed by atoms with Crippen molar-refractivity contribution in [3.63, 3.8) is 0 Å². The number of fused-ring (bicyclic) bond motifs is 1. The van der Waals surface area contributed by atoms with Gasteiger partial charge in [0.25, 0.3) is 5.91 Å². The predicted octanol–water partition coefficient (Wildman–Crippen LogP) is 3.44. The Morgan fingerprint density at radius 2 is 2.10 bits per heavy atom. The number of carbonyl (C=O) groups excluding carboxylic acids is 1. The third-order valence-corrected chi connectivity index (χ3v) is 5.70. The molecular formula is C16H20N2OS. The van der Waals surface area contributed by atoms with Crippen molar-refractivity contribution in [3.8, 4) is 6.07 Å². The first-order valence-electron chi connectivity index (χ1n) is 7.60. The number of rotatable bonds is 2. The van der Waals surface area contributed by atoms with Gasteiger partial charge in [0.15, 0.2) is 0 Å². The molecule has 2 unspecified atom stereocenters. The van der Waals surface area contributed by atoms with E-state index in [1.54, 1.807) is 11.3 Å². The van der Waals surface area contributed by atoms with E-state index in [1.165, 1.54) is 29.7 Å². The molecule has 1 N–H and O–H groups in total. The fourth-order valence-corrected chi connectivity index (χ4v) is 4.46. The van der Waals surface area contributed by atoms with Gasteiger partial charge in [0.2, 0.25) is 0 Å². The highest BCUT2D eigenvalue weighted by atomic mass is 32.1. The standard InChI is InChI=1S/C16H20N2OS/c17-10-12-6-4-7-13(12)18-16(19)15-9-11-5-2-1-3-8-14(11)20-15/h9,12-13H,1-8H2,(H,18,19). The first-order chi connectivity index (χ1) is 9.78. The molecule has 0 radical (unpaired) electrons. The molecule has 0 saturated heterocycles. The minimum atomic E-state index is -0.00302. The summed E-state index contributed by atoms with van der Waals surface area (Å²) in [5.41, 5.74) is 1.38. The lowest BCUT2D eigenvalue weighted by atomic mass is 10.1. The molecule has 106 valence electrons. The highest BCUT2D eigenvalue weighted by Crippen LogP contribution is 2.30. The van der Waals surface area contributed by atoms with Gasteiger partial charge < -0.3 is 5.32 Å². The van der Waals surface area contributed by atoms with Gasteiger partial charge in [-0.2, -0.15) is 5.26 Å². The molecule has 3 rings (SSSR count). The molecule has 0 aromatic carbocycles. The van der Waals surface area contributed by atoms with E-state index in [1.807, 2.05) is 0 Å². The summed E-state index contributed by atoms with van der Waals surface area (Å²) in [6.07, 6.45) is 8.93. The Kier molecular flexibility index (Phi) is 4.07. The molecule has 3 nitrogen and oxygen atoms in total. The summed E-state index contributed by atoms with van der Waals surface area (Å²) in [4.78, 5) is 14.6. The second-order valence-corrected chi connectivity index (χ2v) is 7.00. The summed E-state index contributed by atoms with van der Waals surface area (Å²) in [5, 5.41) is 12.2. The first-order valence-corrected chi connectivity index (χ1v) is 8.41. The number of nitriles is 1. The van der Waals surface area contributed by atoms with Gasteiger partial charge in [-0.15, -0.1) is 11.3 Å². The number of hydrogen-bond acceptors (Lipinski definition) is 3. The van der Waals surface area contributed by atoms with Crippen LogP contribution in [0.5, 0.6) is 0 Å². The molecule has 2 atom stereocenters. The summed E-state index contributed by atoms with van der Waals surface area (Å²) >= 11 is 1.65. The van der Waals surface area contributed by atoms with Crippen LogP contribution in [-0.4, -0.2) is 11.9 Å². The third-order valence-electron chi connectivity index (χ3n) is 4.47. The number of aryl methyl sites for hydroxylation is 2. The zero-order valence-corrected chi connectivity index (χ0v) is 12.5. The lowest BCUT2D eigenvalue weighted by Crippen LogP contribution is -2.36. The minimum absolute atomic E-state index is 0.00302. The topological polar surface area (TPSA) is 52.9 Å². The van der Waals surface area contributed by atoms with Crippen molar-refractivity contribution < 1.29 is 4.79 Å². The number of thiophene rings is 1. The molecule has 1 heterocycles. The average molecular weight is 288 g/mol. The first kappa shape index (κ1) is 13.6. The molecular weight excluding hydrogens is 268 g/mol. The van der Waals surface area contributed by atoms with Gasteiger partial charge in [-0.25, -0.2) is 0 Å². The molecule has 1 amide bonds. The van der Waals surface area contributed by atoms with E-state index < -0.39 is 0 Å². The molecule has 0 spiro atoms. The van der Waals surface area contributed by atoms with Crippen LogP contribution >= 0.6 is 11.3 Å². The SMILES string of the molecule is N#CC1CCCC1NC(=O)c1cc2c(s1)CCCCC2. The number of hydrogen-bond donors (Lipinski definition) is 1. The highest BCUT2D eigenvalue weighted by Gasteiger charge is 2.29. The summed E-state index contributed by atoms with van der Waals surface area (Å²) in [6, 6.07) is 4.45. The number of nitrogens with one attached hydrogen (secondary N) is 1. The smallest absolute Gasteiger partial charge is 0.261 e. The van der Waals surface area contributed by atoms with Gasteiger partial charge in [0, 0.05) is 10.9 Å². The van der Waals surface area contributed by atoms with Gasteiger partial charge in [0.1, 0.15) is 0 Å². The van der Waals surface area contributed by atoms with E-state index in [2.05, 4.69) is 17.5 Å². The van der Waals surface area contributed by atoms with E-state index in [-0.39, 0.29) is 17.9 Å². The molecule has 1 saturated carbocycles. The van der Waals surface area contributed by atoms with E-state index in [0.29, 0.717) is 0 Å². The van der Waals surface area contributed by atoms with Crippen LogP contribution in [0.3, 0.4) is 0 Å². The maximum atomic E-state index is 12.4. The second-order valence-electron chi connectivity index (χ2n) is 5.87. The van der Waals surface area contributed by atoms with Crippen LogP contribution in [0.2, 0.25) is 0 Å². The van der Waals surface area contributed by atoms with Crippen molar-refractivity contribution in [2.75, 3.05) is 0 Å². The van der Waals surface area contributed by atoms with Crippen LogP contribution in [0.4, 0.5) is 0 Å². The van der Waals surface area contributed by atoms with Crippen LogP contribution in [0.15, 0.2) is 6.07 Å². The van der Waals surface area contributed by atoms with Crippen molar-refractivity contribution in [1.82, 2.24) is 5.32 Å². The fraction of sp³-hybridized carbons (Fsp3) is 0.625. The fourth-order valence-electron chi connectivity index (χ4n) is 3.31. The van der Waals surface area contributed by atoms with Gasteiger partial charge in [-0.05, 0) is 56.6 Å². The summed E-state index contributed by atoms with van der Waals surface area (Å²) in [6.45, 7) is 0. The van der Waals surface area contributed by atoms with Gasteiger partial charge >= 0.3 is 0 Å². The monoisotopic (exact) mass is 288 g/mol. The van der Waals surface area contributed by atoms with Gasteiger partial charge in [0.05, 0.1) is 16.9 Å². The molecule has 2 aliphatic carbocycles. The van der Waals surface area contributed by atoms with E-state index in [0.717, 1.165) is 37.0 Å². The van der Waals surface area contributed by atoms with Crippen molar-refractivity contribution in [3.05, 3.63) is 21.4 Å². The molecule has 20 heavy (non-hydrogen) atoms. The molecule has 0 aliphatic heterocycles. The van der Waals surface area contributed by atoms with Crippen LogP contribution < -0.4 is 5.32 Å². The lowest BCUT2D eigenvalue weighted by Gasteiger charge is -2.14. The van der Waals surface area contributed by atoms with E-state index in [4.69, 9.17) is 5.26 Å². The largest absolute Gasteiger partial charge is 0.347 e. The van der Waals surface area contributed by atoms with Crippen molar-refractivity contribution in [2.45, 2.75) is 57.4 Å². The third kappa shape index (κ3) is 2.73. The Hall–Kier alpha value is -1.34. The van der Waals surface area contributed by atoms with E-state index in [9.17, 15) is 4.79 Å². The maximum absolute atomic E-state index is 12.4. The number of carbonyl (C=O) groups is 1. The maximum Gasteiger partial charge on any atom is 0.261 e. The highest BCUT2D eigenvalue weighted by molar-refractivity contribution is 7.14. The second kappa shape index (κ2) is 5.97. The van der Waals surface area contributed by atoms with Crippen LogP contribution in [-0.2, 0) is 12.8 Å². The van der Waals surface area contributed by atoms with E-state index >= 15 is 0 Å². The zero-order chi connectivity index (χ0) is 13.9. The Labute approximate surface area is 124 Å². The van der Waals surface area contributed by atoms with Crippen molar-refractivity contribution >= 4 is 17.2 Å². The summed E-state index contributed by atoms with van der Waals surface area (Å²) in [5.74, 6) is 0.0203. The Morgan fingerprint density at radius 1 is 1.25 bits per heavy atom. The lowest BCUT2D eigenvalue weighted by molar-refractivity contribution is 0.0937. The molecule has 1 aromatic heterocycles. The normalized spacial score (nSPS) is 25.6. The molecule has 2 aliphatic rings. The van der Waals surface area contributed by atoms with Crippen LogP contribution in [0.1, 0.15) is 58.6 Å². The van der Waals surface area contributed by atoms with Gasteiger partial charge in [-0.3, -0.25) is 4.79 Å². The Balaban J connectivity index is 1.70. The molecule has 0 bridgehead atoms. The minimum Gasteiger partial charge on any atom is -0.347 e. The van der Waals surface area contributed by atoms with Crippen LogP contribution in [0, 0.1) is 17.2 Å². The van der Waals surface area contributed by atoms with Crippen molar-refractivity contribution in [2.24, 2.45) is 5.92 Å². The summed E-state index contributed by atoms with van der Waals surface area (Å²) in [7, 11) is 0. The molecule has 1 fully saturated rings. The Morgan fingerprint density at radius 3 is 2.95 bits per heavy atom.